The van der Waals surface area contributed by atoms with Gasteiger partial charge in [-0.2, -0.15) is 0 Å². The number of rotatable bonds is 5. The maximum absolute atomic E-state index is 12.1. The van der Waals surface area contributed by atoms with Gasteiger partial charge in [0.2, 0.25) is 15.9 Å². The monoisotopic (exact) mass is 311 g/mol. The van der Waals surface area contributed by atoms with E-state index in [-0.39, 0.29) is 17.3 Å². The third-order valence-electron chi connectivity index (χ3n) is 3.53. The van der Waals surface area contributed by atoms with Gasteiger partial charge in [-0.15, -0.1) is 0 Å². The third-order valence-corrected chi connectivity index (χ3v) is 4.94. The van der Waals surface area contributed by atoms with E-state index < -0.39 is 10.0 Å². The van der Waals surface area contributed by atoms with Crippen LogP contribution >= 0.6 is 0 Å². The number of benzene rings is 1. The molecule has 2 N–H and O–H groups in total. The average molecular weight is 311 g/mol. The van der Waals surface area contributed by atoms with Gasteiger partial charge in [-0.3, -0.25) is 4.79 Å². The molecule has 21 heavy (non-hydrogen) atoms. The first-order valence-corrected chi connectivity index (χ1v) is 8.58. The highest BCUT2D eigenvalue weighted by molar-refractivity contribution is 7.89. The lowest BCUT2D eigenvalue weighted by Gasteiger charge is -2.27. The summed E-state index contributed by atoms with van der Waals surface area (Å²) in [7, 11) is -3.63. The largest absolute Gasteiger partial charge is 0.339 e. The van der Waals surface area contributed by atoms with Gasteiger partial charge >= 0.3 is 0 Å². The van der Waals surface area contributed by atoms with Crippen molar-refractivity contribution in [3.63, 3.8) is 0 Å². The minimum Gasteiger partial charge on any atom is -0.339 e. The van der Waals surface area contributed by atoms with Gasteiger partial charge in [-0.05, 0) is 24.1 Å². The molecule has 2 rings (SSSR count). The normalized spacial score (nSPS) is 16.0. The van der Waals surface area contributed by atoms with Crippen LogP contribution in [0.5, 0.6) is 0 Å². The minimum absolute atomic E-state index is 0.188. The summed E-state index contributed by atoms with van der Waals surface area (Å²) in [6.45, 7) is 4.54. The Bertz CT molecular complexity index is 578. The Kier molecular flexibility index (Phi) is 5.33. The smallest absolute Gasteiger partial charge is 0.241 e. The van der Waals surface area contributed by atoms with Crippen molar-refractivity contribution in [2.24, 2.45) is 0 Å². The molecule has 0 saturated carbocycles. The second-order valence-corrected chi connectivity index (χ2v) is 6.72. The molecule has 0 aliphatic carbocycles. The number of hydrogen-bond donors (Lipinski definition) is 2. The fraction of sp³-hybridized carbons (Fsp3) is 0.500. The number of sulfonamides is 1. The Balaban J connectivity index is 1.95. The zero-order valence-corrected chi connectivity index (χ0v) is 12.9. The minimum atomic E-state index is -3.63. The van der Waals surface area contributed by atoms with E-state index >= 15 is 0 Å². The summed E-state index contributed by atoms with van der Waals surface area (Å²) in [6, 6.07) is 6.70. The van der Waals surface area contributed by atoms with Crippen molar-refractivity contribution in [2.45, 2.75) is 18.2 Å². The van der Waals surface area contributed by atoms with E-state index in [1.807, 2.05) is 6.92 Å². The van der Waals surface area contributed by atoms with Crippen molar-refractivity contribution in [3.8, 4) is 0 Å². The van der Waals surface area contributed by atoms with Gasteiger partial charge in [0.25, 0.3) is 0 Å². The van der Waals surface area contributed by atoms with Crippen LogP contribution in [-0.4, -0.2) is 51.9 Å². The number of aryl methyl sites for hydroxylation is 1. The zero-order valence-electron chi connectivity index (χ0n) is 12.1. The van der Waals surface area contributed by atoms with Crippen LogP contribution in [-0.2, 0) is 21.2 Å². The van der Waals surface area contributed by atoms with Crippen LogP contribution in [0.3, 0.4) is 0 Å². The van der Waals surface area contributed by atoms with Crippen LogP contribution in [0.2, 0.25) is 0 Å². The molecule has 1 fully saturated rings. The number of carbonyl (C=O) groups is 1. The molecular weight excluding hydrogens is 290 g/mol. The van der Waals surface area contributed by atoms with Gasteiger partial charge in [-0.1, -0.05) is 19.1 Å². The first-order valence-electron chi connectivity index (χ1n) is 7.10. The van der Waals surface area contributed by atoms with Crippen molar-refractivity contribution < 1.29 is 13.2 Å². The Morgan fingerprint density at radius 1 is 1.24 bits per heavy atom. The van der Waals surface area contributed by atoms with Gasteiger partial charge in [0, 0.05) is 26.2 Å². The summed E-state index contributed by atoms with van der Waals surface area (Å²) in [5, 5.41) is 3.15. The lowest BCUT2D eigenvalue weighted by Crippen LogP contribution is -2.49. The molecule has 6 nitrogen and oxygen atoms in total. The maximum Gasteiger partial charge on any atom is 0.241 e. The summed E-state index contributed by atoms with van der Waals surface area (Å²) >= 11 is 0. The van der Waals surface area contributed by atoms with Crippen LogP contribution in [0, 0.1) is 0 Å². The highest BCUT2D eigenvalue weighted by atomic mass is 32.2. The van der Waals surface area contributed by atoms with Crippen molar-refractivity contribution in [1.29, 1.82) is 0 Å². The zero-order chi connectivity index (χ0) is 15.3. The number of piperazine rings is 1. The molecule has 1 amide bonds. The van der Waals surface area contributed by atoms with Crippen molar-refractivity contribution in [1.82, 2.24) is 14.9 Å². The van der Waals surface area contributed by atoms with Crippen molar-refractivity contribution in [2.75, 3.05) is 32.7 Å². The molecule has 0 atom stereocenters. The summed E-state index contributed by atoms with van der Waals surface area (Å²) < 4.78 is 26.6. The first-order chi connectivity index (χ1) is 10.0. The molecule has 0 unspecified atom stereocenters. The lowest BCUT2D eigenvalue weighted by atomic mass is 10.2. The number of hydrogen-bond acceptors (Lipinski definition) is 4. The van der Waals surface area contributed by atoms with Gasteiger partial charge in [0.1, 0.15) is 0 Å². The molecule has 0 bridgehead atoms. The highest BCUT2D eigenvalue weighted by Crippen LogP contribution is 2.10. The maximum atomic E-state index is 12.1. The number of amides is 1. The molecule has 116 valence electrons. The molecule has 1 aromatic carbocycles. The van der Waals surface area contributed by atoms with E-state index in [9.17, 15) is 13.2 Å². The molecule has 1 aliphatic heterocycles. The van der Waals surface area contributed by atoms with Crippen LogP contribution in [0.15, 0.2) is 29.2 Å². The molecule has 1 aromatic rings. The molecule has 0 spiro atoms. The predicted molar refractivity (Wildman–Crippen MR) is 80.5 cm³/mol. The second kappa shape index (κ2) is 7.02. The average Bonchev–Trinajstić information content (AvgIpc) is 2.53. The van der Waals surface area contributed by atoms with Crippen LogP contribution in [0.25, 0.3) is 0 Å². The third kappa shape index (κ3) is 4.26. The van der Waals surface area contributed by atoms with Gasteiger partial charge in [0.15, 0.2) is 0 Å². The van der Waals surface area contributed by atoms with Crippen LogP contribution < -0.4 is 10.0 Å². The molecule has 0 radical (unpaired) electrons. The lowest BCUT2D eigenvalue weighted by molar-refractivity contribution is -0.130. The van der Waals surface area contributed by atoms with Gasteiger partial charge in [0.05, 0.1) is 11.4 Å². The van der Waals surface area contributed by atoms with Crippen molar-refractivity contribution in [3.05, 3.63) is 29.8 Å². The topological polar surface area (TPSA) is 78.5 Å². The SMILES string of the molecule is CCc1ccc(S(=O)(=O)NCC(=O)N2CCNCC2)cc1. The van der Waals surface area contributed by atoms with Crippen molar-refractivity contribution >= 4 is 15.9 Å². The van der Waals surface area contributed by atoms with E-state index in [2.05, 4.69) is 10.0 Å². The fourth-order valence-corrected chi connectivity index (χ4v) is 3.14. The Hall–Kier alpha value is -1.44. The molecular formula is C14H21N3O3S. The first kappa shape index (κ1) is 15.9. The predicted octanol–water partition coefficient (Wildman–Crippen LogP) is -0.0409. The van der Waals surface area contributed by atoms with Crippen LogP contribution in [0.4, 0.5) is 0 Å². The Morgan fingerprint density at radius 3 is 2.43 bits per heavy atom. The van der Waals surface area contributed by atoms with Gasteiger partial charge < -0.3 is 10.2 Å². The highest BCUT2D eigenvalue weighted by Gasteiger charge is 2.20. The molecule has 0 aromatic heterocycles. The summed E-state index contributed by atoms with van der Waals surface area (Å²) in [5.74, 6) is -0.190. The molecule has 7 heteroatoms. The van der Waals surface area contributed by atoms with Gasteiger partial charge in [-0.25, -0.2) is 13.1 Å². The fourth-order valence-electron chi connectivity index (χ4n) is 2.17. The summed E-state index contributed by atoms with van der Waals surface area (Å²) in [6.07, 6.45) is 0.856. The summed E-state index contributed by atoms with van der Waals surface area (Å²) in [5.41, 5.74) is 1.07. The van der Waals surface area contributed by atoms with E-state index in [4.69, 9.17) is 0 Å². The molecule has 1 saturated heterocycles. The summed E-state index contributed by atoms with van der Waals surface area (Å²) in [4.78, 5) is 13.8. The second-order valence-electron chi connectivity index (χ2n) is 4.95. The molecule has 1 aliphatic rings. The number of nitrogens with zero attached hydrogens (tertiary/aromatic N) is 1. The van der Waals surface area contributed by atoms with E-state index in [0.717, 1.165) is 25.1 Å². The van der Waals surface area contributed by atoms with E-state index in [1.165, 1.54) is 0 Å². The van der Waals surface area contributed by atoms with E-state index in [0.29, 0.717) is 13.1 Å². The quantitative estimate of drug-likeness (QED) is 0.800. The Morgan fingerprint density at radius 2 is 1.86 bits per heavy atom. The Labute approximate surface area is 125 Å². The standard InChI is InChI=1S/C14H21N3O3S/c1-2-12-3-5-13(6-4-12)21(19,20)16-11-14(18)17-9-7-15-8-10-17/h3-6,15-16H,2,7-11H2,1H3. The van der Waals surface area contributed by atoms with E-state index in [1.54, 1.807) is 29.2 Å². The number of carbonyl (C=O) groups excluding carboxylic acids is 1. The van der Waals surface area contributed by atoms with Crippen LogP contribution in [0.1, 0.15) is 12.5 Å². The molecule has 1 heterocycles. The number of nitrogens with one attached hydrogen (secondary N) is 2.